The van der Waals surface area contributed by atoms with E-state index in [1.807, 2.05) is 48.7 Å². The van der Waals surface area contributed by atoms with Crippen molar-refractivity contribution in [1.82, 2.24) is 4.98 Å². The molecule has 1 aliphatic rings. The maximum atomic E-state index is 11.9. The van der Waals surface area contributed by atoms with Crippen LogP contribution in [-0.4, -0.2) is 21.8 Å². The summed E-state index contributed by atoms with van der Waals surface area (Å²) < 4.78 is 0. The summed E-state index contributed by atoms with van der Waals surface area (Å²) in [4.78, 5) is 17.2. The second-order valence-corrected chi connectivity index (χ2v) is 8.29. The zero-order chi connectivity index (χ0) is 19.6. The van der Waals surface area contributed by atoms with E-state index in [-0.39, 0.29) is 0 Å². The number of nitriles is 1. The van der Waals surface area contributed by atoms with Gasteiger partial charge in [-0.05, 0) is 35.9 Å². The van der Waals surface area contributed by atoms with Gasteiger partial charge in [-0.15, -0.1) is 11.8 Å². The van der Waals surface area contributed by atoms with Crippen LogP contribution in [-0.2, 0) is 4.79 Å². The van der Waals surface area contributed by atoms with Crippen LogP contribution in [0.2, 0.25) is 0 Å². The molecule has 0 radical (unpaired) electrons. The molecule has 5 heteroatoms. The molecule has 0 unspecified atom stereocenters. The number of hydrogen-bond donors (Lipinski definition) is 1. The summed E-state index contributed by atoms with van der Waals surface area (Å²) in [5.74, 6) is -0.120. The van der Waals surface area contributed by atoms with Crippen molar-refractivity contribution in [2.45, 2.75) is 30.6 Å². The predicted octanol–water partition coefficient (Wildman–Crippen LogP) is 5.51. The molecule has 140 valence electrons. The van der Waals surface area contributed by atoms with Crippen LogP contribution in [0.5, 0.6) is 0 Å². The zero-order valence-electron chi connectivity index (χ0n) is 15.4. The van der Waals surface area contributed by atoms with Crippen LogP contribution in [0.25, 0.3) is 21.9 Å². The van der Waals surface area contributed by atoms with Gasteiger partial charge in [-0.25, -0.2) is 0 Å². The molecule has 1 aliphatic carbocycles. The summed E-state index contributed by atoms with van der Waals surface area (Å²) in [5.41, 5.74) is 2.01. The number of rotatable bonds is 5. The molecular formula is C23H20N2O2S. The highest BCUT2D eigenvalue weighted by Crippen LogP contribution is 2.44. The molecule has 0 spiro atoms. The van der Waals surface area contributed by atoms with Crippen molar-refractivity contribution in [1.29, 1.82) is 5.26 Å². The van der Waals surface area contributed by atoms with Crippen LogP contribution >= 0.6 is 11.8 Å². The van der Waals surface area contributed by atoms with Crippen LogP contribution in [0.3, 0.4) is 0 Å². The number of nitrogens with zero attached hydrogens (tertiary/aromatic N) is 2. The van der Waals surface area contributed by atoms with Crippen molar-refractivity contribution < 1.29 is 9.90 Å². The first-order valence-electron chi connectivity index (χ1n) is 9.37. The van der Waals surface area contributed by atoms with Crippen LogP contribution < -0.4 is 0 Å². The summed E-state index contributed by atoms with van der Waals surface area (Å²) >= 11 is 1.60. The molecule has 1 fully saturated rings. The van der Waals surface area contributed by atoms with Crippen molar-refractivity contribution in [2.24, 2.45) is 5.41 Å². The Morgan fingerprint density at radius 3 is 2.57 bits per heavy atom. The van der Waals surface area contributed by atoms with Crippen LogP contribution in [0.4, 0.5) is 0 Å². The Hall–Kier alpha value is -2.84. The van der Waals surface area contributed by atoms with E-state index < -0.39 is 11.4 Å². The highest BCUT2D eigenvalue weighted by atomic mass is 32.2. The number of benzene rings is 2. The summed E-state index contributed by atoms with van der Waals surface area (Å²) in [6.45, 7) is 0. The Morgan fingerprint density at radius 1 is 1.11 bits per heavy atom. The molecule has 0 atom stereocenters. The summed E-state index contributed by atoms with van der Waals surface area (Å²) in [6, 6.07) is 15.9. The maximum absolute atomic E-state index is 11.9. The fourth-order valence-corrected chi connectivity index (χ4v) is 5.35. The van der Waals surface area contributed by atoms with Crippen molar-refractivity contribution in [3.8, 4) is 17.2 Å². The van der Waals surface area contributed by atoms with Crippen molar-refractivity contribution in [3.05, 3.63) is 60.4 Å². The highest BCUT2D eigenvalue weighted by molar-refractivity contribution is 7.99. The third kappa shape index (κ3) is 3.25. The molecule has 28 heavy (non-hydrogen) atoms. The third-order valence-corrected chi connectivity index (χ3v) is 7.00. The molecular weight excluding hydrogens is 368 g/mol. The molecule has 1 aromatic heterocycles. The minimum absolute atomic E-state index is 0.563. The summed E-state index contributed by atoms with van der Waals surface area (Å²) in [7, 11) is 0. The lowest BCUT2D eigenvalue weighted by Gasteiger charge is -2.23. The fraction of sp³-hybridized carbons (Fsp3) is 0.261. The van der Waals surface area contributed by atoms with Crippen molar-refractivity contribution in [2.75, 3.05) is 5.75 Å². The van der Waals surface area contributed by atoms with Crippen molar-refractivity contribution in [3.63, 3.8) is 0 Å². The number of fused-ring (bicyclic) bond motifs is 1. The highest BCUT2D eigenvalue weighted by Gasteiger charge is 2.41. The number of aliphatic carboxylic acids is 1. The molecule has 3 aromatic rings. The van der Waals surface area contributed by atoms with E-state index in [1.165, 1.54) is 0 Å². The molecule has 4 nitrogen and oxygen atoms in total. The van der Waals surface area contributed by atoms with Crippen LogP contribution in [0.1, 0.15) is 31.2 Å². The molecule has 1 saturated carbocycles. The third-order valence-electron chi connectivity index (χ3n) is 5.63. The van der Waals surface area contributed by atoms with Crippen LogP contribution in [0.15, 0.2) is 59.8 Å². The van der Waals surface area contributed by atoms with Gasteiger partial charge in [0.05, 0.1) is 17.0 Å². The average molecular weight is 388 g/mol. The topological polar surface area (TPSA) is 74.0 Å². The van der Waals surface area contributed by atoms with E-state index in [2.05, 4.69) is 11.1 Å². The van der Waals surface area contributed by atoms with Gasteiger partial charge in [0.15, 0.2) is 0 Å². The van der Waals surface area contributed by atoms with Crippen LogP contribution in [0, 0.1) is 16.7 Å². The minimum atomic E-state index is -0.683. The number of pyridine rings is 1. The molecule has 0 bridgehead atoms. The quantitative estimate of drug-likeness (QED) is 0.583. The van der Waals surface area contributed by atoms with E-state index in [9.17, 15) is 15.2 Å². The lowest BCUT2D eigenvalue weighted by Crippen LogP contribution is -2.30. The summed E-state index contributed by atoms with van der Waals surface area (Å²) in [6.07, 6.45) is 7.04. The first kappa shape index (κ1) is 18.5. The van der Waals surface area contributed by atoms with E-state index >= 15 is 0 Å². The second-order valence-electron chi connectivity index (χ2n) is 7.27. The fourth-order valence-electron chi connectivity index (χ4n) is 4.03. The smallest absolute Gasteiger partial charge is 0.310 e. The minimum Gasteiger partial charge on any atom is -0.481 e. The number of hydrogen-bond acceptors (Lipinski definition) is 4. The Morgan fingerprint density at radius 2 is 1.86 bits per heavy atom. The summed E-state index contributed by atoms with van der Waals surface area (Å²) in [5, 5.41) is 21.1. The SMILES string of the molecule is N#Cc1ccc(-c2cnccc2SCC2(C(=O)O)CCCC2)c2ccccc12. The Kier molecular flexibility index (Phi) is 5.06. The first-order chi connectivity index (χ1) is 13.6. The molecule has 1 N–H and O–H groups in total. The first-order valence-corrected chi connectivity index (χ1v) is 10.4. The van der Waals surface area contributed by atoms with E-state index in [0.29, 0.717) is 11.3 Å². The Labute approximate surface area is 168 Å². The van der Waals surface area contributed by atoms with Gasteiger partial charge in [0, 0.05) is 34.0 Å². The number of thioether (sulfide) groups is 1. The van der Waals surface area contributed by atoms with Gasteiger partial charge >= 0.3 is 5.97 Å². The Bertz CT molecular complexity index is 1080. The second kappa shape index (κ2) is 7.65. The molecule has 0 saturated heterocycles. The lowest BCUT2D eigenvalue weighted by molar-refractivity contribution is -0.147. The molecule has 1 heterocycles. The Balaban J connectivity index is 1.74. The van der Waals surface area contributed by atoms with Gasteiger partial charge in [-0.1, -0.05) is 43.2 Å². The molecule has 0 aliphatic heterocycles. The van der Waals surface area contributed by atoms with Gasteiger partial charge < -0.3 is 5.11 Å². The van der Waals surface area contributed by atoms with E-state index in [0.717, 1.165) is 52.5 Å². The maximum Gasteiger partial charge on any atom is 0.310 e. The van der Waals surface area contributed by atoms with Gasteiger partial charge in [0.25, 0.3) is 0 Å². The van der Waals surface area contributed by atoms with Gasteiger partial charge in [0.1, 0.15) is 0 Å². The molecule has 0 amide bonds. The number of carboxylic acid groups (broad SMARTS) is 1. The molecule has 2 aromatic carbocycles. The van der Waals surface area contributed by atoms with E-state index in [4.69, 9.17) is 0 Å². The molecule has 4 rings (SSSR count). The number of aromatic nitrogens is 1. The standard InChI is InChI=1S/C23H20N2O2S/c24-13-16-7-8-19(18-6-2-1-5-17(16)18)20-14-25-12-9-21(20)28-15-23(22(26)27)10-3-4-11-23/h1-2,5-9,12,14H,3-4,10-11,15H2,(H,26,27). The number of carboxylic acids is 1. The van der Waals surface area contributed by atoms with E-state index in [1.54, 1.807) is 18.0 Å². The predicted molar refractivity (Wildman–Crippen MR) is 111 cm³/mol. The largest absolute Gasteiger partial charge is 0.481 e. The van der Waals surface area contributed by atoms with Crippen molar-refractivity contribution >= 4 is 28.5 Å². The lowest BCUT2D eigenvalue weighted by atomic mass is 9.89. The number of carbonyl (C=O) groups is 1. The monoisotopic (exact) mass is 388 g/mol. The average Bonchev–Trinajstić information content (AvgIpc) is 3.22. The zero-order valence-corrected chi connectivity index (χ0v) is 16.2. The van der Waals surface area contributed by atoms with Gasteiger partial charge in [-0.2, -0.15) is 5.26 Å². The normalized spacial score (nSPS) is 15.4. The van der Waals surface area contributed by atoms with Gasteiger partial charge in [0.2, 0.25) is 0 Å². The van der Waals surface area contributed by atoms with Gasteiger partial charge in [-0.3, -0.25) is 9.78 Å².